The van der Waals surface area contributed by atoms with Crippen molar-refractivity contribution in [2.75, 3.05) is 0 Å². The highest BCUT2D eigenvalue weighted by Crippen LogP contribution is 2.94. The first-order chi connectivity index (χ1) is 9.24. The second-order valence-corrected chi connectivity index (χ2v) is 13.9. The monoisotopic (exact) mass is 385 g/mol. The lowest BCUT2D eigenvalue weighted by molar-refractivity contribution is 0.187. The van der Waals surface area contributed by atoms with Gasteiger partial charge in [-0.25, -0.2) is 8.62 Å². The van der Waals surface area contributed by atoms with Gasteiger partial charge < -0.3 is 19.6 Å². The number of rotatable bonds is 2. The Morgan fingerprint density at radius 1 is 0.762 bits per heavy atom. The van der Waals surface area contributed by atoms with E-state index in [1.54, 1.807) is 0 Å². The molecule has 2 aliphatic heterocycles. The molecular formula is C6H15NO10P4. The summed E-state index contributed by atoms with van der Waals surface area (Å²) in [6, 6.07) is 0. The van der Waals surface area contributed by atoms with E-state index in [2.05, 4.69) is 8.62 Å². The predicted octanol–water partition coefficient (Wildman–Crippen LogP) is 1.51. The third-order valence-corrected chi connectivity index (χ3v) is 15.7. The lowest BCUT2D eigenvalue weighted by Gasteiger charge is -2.55. The van der Waals surface area contributed by atoms with E-state index in [-0.39, 0.29) is 0 Å². The zero-order chi connectivity index (χ0) is 16.5. The maximum atomic E-state index is 12.2. The van der Waals surface area contributed by atoms with Crippen LogP contribution in [0.3, 0.4) is 0 Å². The molecule has 0 aliphatic carbocycles. The quantitative estimate of drug-likeness (QED) is 0.435. The van der Waals surface area contributed by atoms with Crippen LogP contribution in [0.4, 0.5) is 0 Å². The highest BCUT2D eigenvalue weighted by molar-refractivity contribution is 7.87. The fraction of sp³-hybridized carbons (Fsp3) is 1.00. The van der Waals surface area contributed by atoms with Crippen LogP contribution in [0.2, 0.25) is 0 Å². The molecule has 0 aromatic rings. The second-order valence-electron chi connectivity index (χ2n) is 4.71. The minimum Gasteiger partial charge on any atom is -0.322 e. The molecular weight excluding hydrogens is 370 g/mol. The first kappa shape index (κ1) is 18.0. The van der Waals surface area contributed by atoms with Crippen molar-refractivity contribution in [3.05, 3.63) is 0 Å². The summed E-state index contributed by atoms with van der Waals surface area (Å²) in [5, 5.41) is -3.26. The molecule has 0 radical (unpaired) electrons. The van der Waals surface area contributed by atoms with Crippen LogP contribution in [-0.2, 0) is 26.9 Å². The molecule has 124 valence electrons. The summed E-state index contributed by atoms with van der Waals surface area (Å²) in [6.07, 6.45) is -1.04. The molecule has 0 amide bonds. The van der Waals surface area contributed by atoms with Crippen molar-refractivity contribution < 1.29 is 46.5 Å². The molecule has 0 spiro atoms. The van der Waals surface area contributed by atoms with Crippen molar-refractivity contribution >= 4 is 30.4 Å². The smallest absolute Gasteiger partial charge is 0.322 e. The van der Waals surface area contributed by atoms with Crippen molar-refractivity contribution in [1.82, 2.24) is 5.32 Å². The van der Waals surface area contributed by atoms with Gasteiger partial charge in [-0.2, -0.15) is 0 Å². The number of hydrogen-bond donors (Lipinski definition) is 5. The molecule has 2 rings (SSSR count). The Balaban J connectivity index is 2.87. The number of hydrogen-bond acceptors (Lipinski definition) is 7. The molecule has 0 saturated carbocycles. The molecule has 2 saturated heterocycles. The molecule has 2 aliphatic rings. The van der Waals surface area contributed by atoms with E-state index in [1.165, 1.54) is 13.8 Å². The molecule has 2 bridgehead atoms. The maximum absolute atomic E-state index is 12.2. The van der Waals surface area contributed by atoms with Gasteiger partial charge in [0, 0.05) is 0 Å². The van der Waals surface area contributed by atoms with Gasteiger partial charge in [0.1, 0.15) is 0 Å². The number of nitrogens with one attached hydrogen (secondary N) is 1. The van der Waals surface area contributed by atoms with Crippen molar-refractivity contribution in [3.63, 3.8) is 0 Å². The fourth-order valence-corrected chi connectivity index (χ4v) is 14.2. The van der Waals surface area contributed by atoms with Gasteiger partial charge in [-0.05, 0) is 12.8 Å². The summed E-state index contributed by atoms with van der Waals surface area (Å²) in [5.74, 6) is 0. The van der Waals surface area contributed by atoms with Gasteiger partial charge in [-0.1, -0.05) is 13.8 Å². The molecule has 4 atom stereocenters. The zero-order valence-electron chi connectivity index (χ0n) is 10.9. The van der Waals surface area contributed by atoms with Crippen LogP contribution in [0.5, 0.6) is 0 Å². The Hall–Kier alpha value is 0.640. The van der Waals surface area contributed by atoms with Gasteiger partial charge in [0.05, 0.1) is 0 Å². The van der Waals surface area contributed by atoms with E-state index < -0.39 is 53.3 Å². The molecule has 0 aromatic carbocycles. The second kappa shape index (κ2) is 4.59. The van der Waals surface area contributed by atoms with Crippen molar-refractivity contribution in [2.45, 2.75) is 36.7 Å². The van der Waals surface area contributed by atoms with E-state index in [0.717, 1.165) is 0 Å². The molecule has 2 heterocycles. The number of fused-ring (bicyclic) bond motifs is 2. The summed E-state index contributed by atoms with van der Waals surface area (Å²) < 4.78 is 57.3. The van der Waals surface area contributed by atoms with Gasteiger partial charge in [-0.15, -0.1) is 0 Å². The van der Waals surface area contributed by atoms with E-state index in [1.807, 2.05) is 5.32 Å². The van der Waals surface area contributed by atoms with Crippen molar-refractivity contribution in [2.24, 2.45) is 0 Å². The van der Waals surface area contributed by atoms with Gasteiger partial charge in [0.2, 0.25) is 10.0 Å². The van der Waals surface area contributed by atoms with Gasteiger partial charge in [-0.3, -0.25) is 23.6 Å². The Kier molecular flexibility index (Phi) is 3.93. The average Bonchev–Trinajstić information content (AvgIpc) is 2.24. The van der Waals surface area contributed by atoms with Crippen LogP contribution >= 0.6 is 30.4 Å². The van der Waals surface area contributed by atoms with E-state index >= 15 is 0 Å². The van der Waals surface area contributed by atoms with E-state index in [4.69, 9.17) is 0 Å². The average molecular weight is 385 g/mol. The van der Waals surface area contributed by atoms with Crippen molar-refractivity contribution in [3.8, 4) is 0 Å². The summed E-state index contributed by atoms with van der Waals surface area (Å²) in [4.78, 5) is 39.4. The summed E-state index contributed by atoms with van der Waals surface area (Å²) >= 11 is 0. The summed E-state index contributed by atoms with van der Waals surface area (Å²) in [7, 11) is -20.7. The molecule has 2 fully saturated rings. The van der Waals surface area contributed by atoms with Gasteiger partial charge >= 0.3 is 30.4 Å². The highest BCUT2D eigenvalue weighted by atomic mass is 31.3. The normalized spacial score (nSPS) is 60.7. The van der Waals surface area contributed by atoms with Crippen molar-refractivity contribution in [1.29, 1.82) is 0 Å². The van der Waals surface area contributed by atoms with Gasteiger partial charge in [0.15, 0.2) is 0 Å². The molecule has 11 nitrogen and oxygen atoms in total. The zero-order valence-corrected chi connectivity index (χ0v) is 14.5. The van der Waals surface area contributed by atoms with E-state index in [0.29, 0.717) is 0 Å². The first-order valence-electron chi connectivity index (χ1n) is 5.78. The Labute approximate surface area is 119 Å². The Morgan fingerprint density at radius 2 is 1.00 bits per heavy atom. The third kappa shape index (κ3) is 1.95. The first-order valence-corrected chi connectivity index (χ1v) is 12.1. The standard InChI is InChI=1S/C6H15NO10P4/c1-3-5-7-6(4-2,20(12,13)16-18(5,8)9)21(14,15)17-19(5,10)11/h7H,3-4H2,1-2H3,(H,8,9)(H,10,11)(H,12,13)(H,14,15). The third-order valence-electron chi connectivity index (χ3n) is 3.70. The SMILES string of the molecule is CCC12NC(CC)(P(=O)(O)OP1(=O)O)P(=O)(O)OP2(=O)O. The van der Waals surface area contributed by atoms with Crippen LogP contribution in [0.15, 0.2) is 0 Å². The highest BCUT2D eigenvalue weighted by Gasteiger charge is 2.82. The minimum absolute atomic E-state index is 0.518. The summed E-state index contributed by atoms with van der Waals surface area (Å²) in [6.45, 7) is 2.46. The molecule has 15 heteroatoms. The lowest BCUT2D eigenvalue weighted by atomic mass is 10.4. The summed E-state index contributed by atoms with van der Waals surface area (Å²) in [5.41, 5.74) is 0. The largest absolute Gasteiger partial charge is 0.367 e. The van der Waals surface area contributed by atoms with Gasteiger partial charge in [0.25, 0.3) is 0 Å². The minimum atomic E-state index is -5.16. The van der Waals surface area contributed by atoms with Crippen LogP contribution in [0.25, 0.3) is 0 Å². The Morgan fingerprint density at radius 3 is 1.19 bits per heavy atom. The van der Waals surface area contributed by atoms with Crippen LogP contribution < -0.4 is 5.32 Å². The Bertz CT molecular complexity index is 572. The molecule has 4 unspecified atom stereocenters. The maximum Gasteiger partial charge on any atom is 0.367 e. The fourth-order valence-electron chi connectivity index (χ4n) is 2.47. The predicted molar refractivity (Wildman–Crippen MR) is 70.7 cm³/mol. The van der Waals surface area contributed by atoms with Crippen LogP contribution in [-0.4, -0.2) is 29.6 Å². The molecule has 5 N–H and O–H groups in total. The van der Waals surface area contributed by atoms with E-state index in [9.17, 15) is 37.8 Å². The molecule has 21 heavy (non-hydrogen) atoms. The topological polar surface area (TPSA) is 180 Å². The van der Waals surface area contributed by atoms with Crippen LogP contribution in [0, 0.1) is 0 Å². The lowest BCUT2D eigenvalue weighted by Crippen LogP contribution is -2.62. The molecule has 0 aromatic heterocycles. The van der Waals surface area contributed by atoms with Crippen LogP contribution in [0.1, 0.15) is 26.7 Å².